The Balaban J connectivity index is 1.45. The van der Waals surface area contributed by atoms with Crippen LogP contribution in [-0.4, -0.2) is 32.7 Å². The van der Waals surface area contributed by atoms with E-state index in [0.717, 1.165) is 30.5 Å². The summed E-state index contributed by atoms with van der Waals surface area (Å²) in [7, 11) is 3.10. The van der Waals surface area contributed by atoms with Gasteiger partial charge >= 0.3 is 6.03 Å². The highest BCUT2D eigenvalue weighted by molar-refractivity contribution is 6.02. The van der Waals surface area contributed by atoms with Crippen molar-refractivity contribution in [3.05, 3.63) is 42.0 Å². The van der Waals surface area contributed by atoms with Crippen LogP contribution < -0.4 is 25.0 Å². The molecule has 0 bridgehead atoms. The van der Waals surface area contributed by atoms with Gasteiger partial charge in [-0.1, -0.05) is 6.07 Å². The highest BCUT2D eigenvalue weighted by atomic mass is 16.5. The van der Waals surface area contributed by atoms with Crippen LogP contribution in [0.3, 0.4) is 0 Å². The Morgan fingerprint density at radius 2 is 1.64 bits per heavy atom. The van der Waals surface area contributed by atoms with Gasteiger partial charge in [0, 0.05) is 35.6 Å². The first-order valence-corrected chi connectivity index (χ1v) is 9.33. The Hall–Kier alpha value is -3.22. The van der Waals surface area contributed by atoms with Crippen LogP contribution in [0.1, 0.15) is 18.4 Å². The maximum atomic E-state index is 12.5. The zero-order chi connectivity index (χ0) is 19.7. The third kappa shape index (κ3) is 3.60. The van der Waals surface area contributed by atoms with Crippen molar-refractivity contribution in [3.63, 3.8) is 0 Å². The summed E-state index contributed by atoms with van der Waals surface area (Å²) in [4.78, 5) is 26.7. The topological polar surface area (TPSA) is 79.9 Å². The minimum atomic E-state index is -0.370. The predicted octanol–water partition coefficient (Wildman–Crippen LogP) is 3.65. The largest absolute Gasteiger partial charge is 0.493 e. The monoisotopic (exact) mass is 381 g/mol. The van der Waals surface area contributed by atoms with Gasteiger partial charge in [0.15, 0.2) is 11.5 Å². The number of carbonyl (C=O) groups excluding carboxylic acids is 2. The molecule has 0 spiro atoms. The zero-order valence-electron chi connectivity index (χ0n) is 16.0. The molecule has 1 aliphatic carbocycles. The van der Waals surface area contributed by atoms with Crippen LogP contribution in [0.5, 0.6) is 11.5 Å². The fraction of sp³-hybridized carbons (Fsp3) is 0.333. The molecule has 1 heterocycles. The van der Waals surface area contributed by atoms with Crippen molar-refractivity contribution in [2.45, 2.75) is 19.3 Å². The molecule has 2 aromatic rings. The number of hydrogen-bond donors (Lipinski definition) is 2. The first kappa shape index (κ1) is 18.2. The molecule has 1 aliphatic heterocycles. The van der Waals surface area contributed by atoms with Gasteiger partial charge in [-0.15, -0.1) is 0 Å². The molecule has 2 N–H and O–H groups in total. The summed E-state index contributed by atoms with van der Waals surface area (Å²) in [6.07, 6.45) is 2.82. The van der Waals surface area contributed by atoms with Gasteiger partial charge < -0.3 is 25.0 Å². The first-order chi connectivity index (χ1) is 13.6. The van der Waals surface area contributed by atoms with E-state index in [0.29, 0.717) is 29.4 Å². The minimum Gasteiger partial charge on any atom is -0.493 e. The lowest BCUT2D eigenvalue weighted by Gasteiger charge is -2.18. The van der Waals surface area contributed by atoms with Crippen molar-refractivity contribution in [1.82, 2.24) is 0 Å². The van der Waals surface area contributed by atoms with Gasteiger partial charge in [0.1, 0.15) is 0 Å². The molecular formula is C21H23N3O4. The van der Waals surface area contributed by atoms with Crippen molar-refractivity contribution in [2.75, 3.05) is 36.3 Å². The number of carbonyl (C=O) groups is 2. The third-order valence-corrected chi connectivity index (χ3v) is 5.07. The predicted molar refractivity (Wildman–Crippen MR) is 107 cm³/mol. The molecule has 0 radical (unpaired) electrons. The smallest absolute Gasteiger partial charge is 0.323 e. The number of amides is 3. The van der Waals surface area contributed by atoms with E-state index in [1.165, 1.54) is 0 Å². The van der Waals surface area contributed by atoms with E-state index in [1.54, 1.807) is 32.4 Å². The van der Waals surface area contributed by atoms with E-state index in [-0.39, 0.29) is 17.9 Å². The number of anilines is 3. The Bertz CT molecular complexity index is 924. The van der Waals surface area contributed by atoms with E-state index < -0.39 is 0 Å². The molecule has 7 nitrogen and oxygen atoms in total. The average Bonchev–Trinajstić information content (AvgIpc) is 3.47. The number of urea groups is 1. The molecule has 2 aliphatic rings. The second-order valence-electron chi connectivity index (χ2n) is 7.01. The van der Waals surface area contributed by atoms with Crippen molar-refractivity contribution in [1.29, 1.82) is 0 Å². The third-order valence-electron chi connectivity index (χ3n) is 5.07. The van der Waals surface area contributed by atoms with Crippen molar-refractivity contribution >= 4 is 29.0 Å². The number of fused-ring (bicyclic) bond motifs is 1. The molecule has 28 heavy (non-hydrogen) atoms. The fourth-order valence-corrected chi connectivity index (χ4v) is 3.44. The summed E-state index contributed by atoms with van der Waals surface area (Å²) < 4.78 is 10.5. The molecule has 3 amide bonds. The lowest BCUT2D eigenvalue weighted by atomic mass is 10.1. The first-order valence-electron chi connectivity index (χ1n) is 9.33. The number of benzene rings is 2. The van der Waals surface area contributed by atoms with Crippen LogP contribution in [0.15, 0.2) is 36.4 Å². The summed E-state index contributed by atoms with van der Waals surface area (Å²) in [5.74, 6) is 1.50. The van der Waals surface area contributed by atoms with Crippen LogP contribution in [-0.2, 0) is 11.2 Å². The summed E-state index contributed by atoms with van der Waals surface area (Å²) >= 11 is 0. The van der Waals surface area contributed by atoms with Gasteiger partial charge in [0.25, 0.3) is 0 Å². The standard InChI is InChI=1S/C21H23N3O4/c1-27-18-8-7-16(12-19(18)28-2)23-21(26)22-15-6-5-13-9-10-24(17(13)11-15)20(25)14-3-4-14/h5-8,11-12,14H,3-4,9-10H2,1-2H3,(H2,22,23,26). The summed E-state index contributed by atoms with van der Waals surface area (Å²) in [5.41, 5.74) is 3.27. The van der Waals surface area contributed by atoms with Gasteiger partial charge in [-0.25, -0.2) is 4.79 Å². The van der Waals surface area contributed by atoms with Crippen molar-refractivity contribution in [3.8, 4) is 11.5 Å². The summed E-state index contributed by atoms with van der Waals surface area (Å²) in [6, 6.07) is 10.5. The van der Waals surface area contributed by atoms with E-state index in [4.69, 9.17) is 9.47 Å². The van der Waals surface area contributed by atoms with Crippen molar-refractivity contribution in [2.24, 2.45) is 5.92 Å². The molecular weight excluding hydrogens is 358 g/mol. The Morgan fingerprint density at radius 1 is 0.964 bits per heavy atom. The highest BCUT2D eigenvalue weighted by Crippen LogP contribution is 2.37. The quantitative estimate of drug-likeness (QED) is 0.829. The lowest BCUT2D eigenvalue weighted by Crippen LogP contribution is -2.30. The van der Waals surface area contributed by atoms with Crippen LogP contribution >= 0.6 is 0 Å². The molecule has 2 aromatic carbocycles. The Labute approximate surface area is 163 Å². The van der Waals surface area contributed by atoms with Crippen LogP contribution in [0.4, 0.5) is 21.9 Å². The van der Waals surface area contributed by atoms with Gasteiger partial charge in [-0.05, 0) is 49.1 Å². The highest BCUT2D eigenvalue weighted by Gasteiger charge is 2.36. The molecule has 0 aromatic heterocycles. The van der Waals surface area contributed by atoms with Crippen molar-refractivity contribution < 1.29 is 19.1 Å². The number of ether oxygens (including phenoxy) is 2. The second kappa shape index (κ2) is 7.42. The second-order valence-corrected chi connectivity index (χ2v) is 7.01. The van der Waals surface area contributed by atoms with Crippen LogP contribution in [0.25, 0.3) is 0 Å². The normalized spacial score (nSPS) is 15.0. The van der Waals surface area contributed by atoms with E-state index in [1.807, 2.05) is 23.1 Å². The van der Waals surface area contributed by atoms with Gasteiger partial charge in [-0.2, -0.15) is 0 Å². The lowest BCUT2D eigenvalue weighted by molar-refractivity contribution is -0.119. The SMILES string of the molecule is COc1ccc(NC(=O)Nc2ccc3c(c2)N(C(=O)C2CC2)CC3)cc1OC. The van der Waals surface area contributed by atoms with Crippen LogP contribution in [0, 0.1) is 5.92 Å². The number of rotatable bonds is 5. The molecule has 146 valence electrons. The Kier molecular flexibility index (Phi) is 4.81. The average molecular weight is 381 g/mol. The van der Waals surface area contributed by atoms with Crippen LogP contribution in [0.2, 0.25) is 0 Å². The maximum Gasteiger partial charge on any atom is 0.323 e. The molecule has 1 fully saturated rings. The number of nitrogens with one attached hydrogen (secondary N) is 2. The molecule has 0 atom stereocenters. The maximum absolute atomic E-state index is 12.5. The summed E-state index contributed by atoms with van der Waals surface area (Å²) in [5, 5.41) is 5.61. The molecule has 0 saturated heterocycles. The molecule has 1 saturated carbocycles. The molecule has 7 heteroatoms. The minimum absolute atomic E-state index is 0.177. The number of nitrogens with zero attached hydrogens (tertiary/aromatic N) is 1. The van der Waals surface area contributed by atoms with E-state index >= 15 is 0 Å². The van der Waals surface area contributed by atoms with E-state index in [2.05, 4.69) is 10.6 Å². The Morgan fingerprint density at radius 3 is 2.32 bits per heavy atom. The van der Waals surface area contributed by atoms with Gasteiger partial charge in [0.05, 0.1) is 14.2 Å². The fourth-order valence-electron chi connectivity index (χ4n) is 3.44. The van der Waals surface area contributed by atoms with Gasteiger partial charge in [0.2, 0.25) is 5.91 Å². The molecule has 4 rings (SSSR count). The van der Waals surface area contributed by atoms with E-state index in [9.17, 15) is 9.59 Å². The molecule has 0 unspecified atom stereocenters. The number of methoxy groups -OCH3 is 2. The van der Waals surface area contributed by atoms with Gasteiger partial charge in [-0.3, -0.25) is 4.79 Å². The zero-order valence-corrected chi connectivity index (χ0v) is 16.0. The summed E-state index contributed by atoms with van der Waals surface area (Å²) in [6.45, 7) is 0.714. The number of hydrogen-bond acceptors (Lipinski definition) is 4.